The van der Waals surface area contributed by atoms with Gasteiger partial charge in [0, 0.05) is 16.1 Å². The van der Waals surface area contributed by atoms with Crippen LogP contribution in [0.3, 0.4) is 0 Å². The van der Waals surface area contributed by atoms with Gasteiger partial charge in [0.1, 0.15) is 11.6 Å². The van der Waals surface area contributed by atoms with Crippen LogP contribution in [0.1, 0.15) is 23.6 Å². The van der Waals surface area contributed by atoms with Crippen molar-refractivity contribution in [1.29, 1.82) is 0 Å². The van der Waals surface area contributed by atoms with Gasteiger partial charge in [-0.1, -0.05) is 72.3 Å². The Kier molecular flexibility index (Phi) is 4.71. The molecule has 142 valence electrons. The Morgan fingerprint density at radius 3 is 2.11 bits per heavy atom. The molecule has 3 aromatic carbocycles. The zero-order valence-electron chi connectivity index (χ0n) is 15.3. The number of nitrogens with two attached hydrogens (primary N) is 1. The van der Waals surface area contributed by atoms with Crippen LogP contribution in [0.25, 0.3) is 11.1 Å². The van der Waals surface area contributed by atoms with Crippen molar-refractivity contribution in [3.8, 4) is 11.1 Å². The molecule has 0 aliphatic heterocycles. The van der Waals surface area contributed by atoms with E-state index in [1.807, 2.05) is 66.7 Å². The van der Waals surface area contributed by atoms with Crippen LogP contribution in [0.5, 0.6) is 0 Å². The first-order valence-electron chi connectivity index (χ1n) is 9.07. The Labute approximate surface area is 168 Å². The average molecular weight is 394 g/mol. The van der Waals surface area contributed by atoms with E-state index in [0.717, 1.165) is 27.8 Å². The van der Waals surface area contributed by atoms with Crippen molar-refractivity contribution in [2.75, 3.05) is 0 Å². The number of hydrogen-bond acceptors (Lipinski definition) is 3. The quantitative estimate of drug-likeness (QED) is 0.672. The second-order valence-corrected chi connectivity index (χ2v) is 7.41. The van der Waals surface area contributed by atoms with Crippen molar-refractivity contribution in [3.63, 3.8) is 0 Å². The lowest BCUT2D eigenvalue weighted by Gasteiger charge is -2.36. The van der Waals surface area contributed by atoms with E-state index in [1.165, 1.54) is 0 Å². The fraction of sp³-hybridized carbons (Fsp3) is 0.174. The molecule has 0 heterocycles. The standard InChI is InChI=1S/C23H20ClNO3/c1-14(21(25)22(26)27)28-23(15-7-6-8-16(24)13-15)19-11-4-2-9-17(19)18-10-3-5-12-20(18)23/h2-14,21H,25H2,1H3,(H,26,27)/t14-,21+/m1/s1. The first kappa shape index (κ1) is 18.7. The third-order valence-corrected chi connectivity index (χ3v) is 5.52. The zero-order chi connectivity index (χ0) is 19.9. The van der Waals surface area contributed by atoms with Gasteiger partial charge in [-0.25, -0.2) is 0 Å². The maximum atomic E-state index is 11.5. The molecule has 0 aromatic heterocycles. The summed E-state index contributed by atoms with van der Waals surface area (Å²) in [5.74, 6) is -1.10. The Balaban J connectivity index is 2.00. The van der Waals surface area contributed by atoms with Crippen LogP contribution in [-0.2, 0) is 15.1 Å². The van der Waals surface area contributed by atoms with Crippen LogP contribution < -0.4 is 5.73 Å². The van der Waals surface area contributed by atoms with Crippen LogP contribution in [0.4, 0.5) is 0 Å². The van der Waals surface area contributed by atoms with Gasteiger partial charge in [0.15, 0.2) is 0 Å². The number of carboxylic acid groups (broad SMARTS) is 1. The van der Waals surface area contributed by atoms with Gasteiger partial charge in [0.2, 0.25) is 0 Å². The van der Waals surface area contributed by atoms with Crippen LogP contribution in [-0.4, -0.2) is 23.2 Å². The molecule has 4 rings (SSSR count). The summed E-state index contributed by atoms with van der Waals surface area (Å²) >= 11 is 6.31. The number of benzene rings is 3. The van der Waals surface area contributed by atoms with E-state index in [9.17, 15) is 9.90 Å². The first-order chi connectivity index (χ1) is 13.4. The minimum absolute atomic E-state index is 0.581. The molecule has 0 unspecified atom stereocenters. The summed E-state index contributed by atoms with van der Waals surface area (Å²) < 4.78 is 6.55. The maximum Gasteiger partial charge on any atom is 0.323 e. The lowest BCUT2D eigenvalue weighted by molar-refractivity contribution is -0.144. The number of halogens is 1. The molecule has 1 aliphatic rings. The molecule has 0 radical (unpaired) electrons. The Bertz CT molecular complexity index is 1000. The Morgan fingerprint density at radius 1 is 1.00 bits per heavy atom. The molecule has 3 N–H and O–H groups in total. The van der Waals surface area contributed by atoms with Gasteiger partial charge in [-0.15, -0.1) is 0 Å². The number of carboxylic acids is 1. The molecule has 0 saturated carbocycles. The van der Waals surface area contributed by atoms with Gasteiger partial charge >= 0.3 is 5.97 Å². The van der Waals surface area contributed by atoms with Crippen LogP contribution in [0.2, 0.25) is 5.02 Å². The third kappa shape index (κ3) is 2.81. The molecule has 3 aromatic rings. The molecular weight excluding hydrogens is 374 g/mol. The normalized spacial score (nSPS) is 16.1. The minimum atomic E-state index is -1.16. The average Bonchev–Trinajstić information content (AvgIpc) is 2.98. The monoisotopic (exact) mass is 393 g/mol. The molecule has 28 heavy (non-hydrogen) atoms. The van der Waals surface area contributed by atoms with E-state index in [4.69, 9.17) is 22.1 Å². The number of aliphatic carboxylic acids is 1. The van der Waals surface area contributed by atoms with Gasteiger partial charge in [-0.3, -0.25) is 4.79 Å². The van der Waals surface area contributed by atoms with Gasteiger partial charge in [-0.05, 0) is 35.7 Å². The second-order valence-electron chi connectivity index (χ2n) is 6.97. The van der Waals surface area contributed by atoms with Crippen molar-refractivity contribution in [1.82, 2.24) is 0 Å². The fourth-order valence-corrected chi connectivity index (χ4v) is 4.15. The van der Waals surface area contributed by atoms with Crippen LogP contribution in [0.15, 0.2) is 72.8 Å². The highest BCUT2D eigenvalue weighted by molar-refractivity contribution is 6.30. The topological polar surface area (TPSA) is 72.5 Å². The van der Waals surface area contributed by atoms with E-state index in [0.29, 0.717) is 5.02 Å². The molecule has 0 saturated heterocycles. The summed E-state index contributed by atoms with van der Waals surface area (Å²) in [6.07, 6.45) is -0.740. The number of hydrogen-bond donors (Lipinski definition) is 2. The van der Waals surface area contributed by atoms with E-state index < -0.39 is 23.7 Å². The zero-order valence-corrected chi connectivity index (χ0v) is 16.1. The highest BCUT2D eigenvalue weighted by atomic mass is 35.5. The number of fused-ring (bicyclic) bond motifs is 3. The Hall–Kier alpha value is -2.66. The van der Waals surface area contributed by atoms with E-state index in [-0.39, 0.29) is 0 Å². The van der Waals surface area contributed by atoms with Crippen molar-refractivity contribution in [3.05, 3.63) is 94.5 Å². The van der Waals surface area contributed by atoms with E-state index in [1.54, 1.807) is 13.0 Å². The predicted molar refractivity (Wildman–Crippen MR) is 109 cm³/mol. The third-order valence-electron chi connectivity index (χ3n) is 5.29. The lowest BCUT2D eigenvalue weighted by Crippen LogP contribution is -2.46. The highest BCUT2D eigenvalue weighted by Gasteiger charge is 2.47. The molecule has 0 amide bonds. The molecule has 1 aliphatic carbocycles. The fourth-order valence-electron chi connectivity index (χ4n) is 3.96. The van der Waals surface area contributed by atoms with Crippen LogP contribution >= 0.6 is 11.6 Å². The van der Waals surface area contributed by atoms with Crippen molar-refractivity contribution in [2.45, 2.75) is 24.7 Å². The number of carbonyl (C=O) groups is 1. The SMILES string of the molecule is C[C@@H](OC1(c2cccc(Cl)c2)c2ccccc2-c2ccccc21)[C@H](N)C(=O)O. The van der Waals surface area contributed by atoms with E-state index >= 15 is 0 Å². The Morgan fingerprint density at radius 2 is 1.57 bits per heavy atom. The molecule has 0 spiro atoms. The van der Waals surface area contributed by atoms with Crippen LogP contribution in [0, 0.1) is 0 Å². The molecule has 5 heteroatoms. The summed E-state index contributed by atoms with van der Waals surface area (Å²) in [7, 11) is 0. The number of ether oxygens (including phenoxy) is 1. The molecule has 0 bridgehead atoms. The van der Waals surface area contributed by atoms with Gasteiger partial charge in [0.25, 0.3) is 0 Å². The molecule has 4 nitrogen and oxygen atoms in total. The lowest BCUT2D eigenvalue weighted by atomic mass is 9.83. The molecular formula is C23H20ClNO3. The molecule has 0 fully saturated rings. The van der Waals surface area contributed by atoms with Gasteiger partial charge in [-0.2, -0.15) is 0 Å². The summed E-state index contributed by atoms with van der Waals surface area (Å²) in [6, 6.07) is 22.3. The summed E-state index contributed by atoms with van der Waals surface area (Å²) in [6.45, 7) is 1.69. The minimum Gasteiger partial charge on any atom is -0.480 e. The maximum absolute atomic E-state index is 11.5. The molecule has 2 atom stereocenters. The van der Waals surface area contributed by atoms with E-state index in [2.05, 4.69) is 0 Å². The summed E-state index contributed by atoms with van der Waals surface area (Å²) in [5, 5.41) is 9.97. The summed E-state index contributed by atoms with van der Waals surface area (Å²) in [5.41, 5.74) is 9.73. The second kappa shape index (κ2) is 7.06. The smallest absolute Gasteiger partial charge is 0.323 e. The first-order valence-corrected chi connectivity index (χ1v) is 9.44. The number of rotatable bonds is 5. The van der Waals surface area contributed by atoms with Crippen molar-refractivity contribution in [2.24, 2.45) is 5.73 Å². The van der Waals surface area contributed by atoms with Crippen molar-refractivity contribution >= 4 is 17.6 Å². The summed E-state index contributed by atoms with van der Waals surface area (Å²) in [4.78, 5) is 11.5. The van der Waals surface area contributed by atoms with Gasteiger partial charge in [0.05, 0.1) is 6.10 Å². The highest BCUT2D eigenvalue weighted by Crippen LogP contribution is 2.53. The largest absolute Gasteiger partial charge is 0.480 e. The predicted octanol–water partition coefficient (Wildman–Crippen LogP) is 4.43. The van der Waals surface area contributed by atoms with Crippen molar-refractivity contribution < 1.29 is 14.6 Å². The van der Waals surface area contributed by atoms with Gasteiger partial charge < -0.3 is 15.6 Å².